The minimum Gasteiger partial charge on any atom is -0.336 e. The molecule has 1 aliphatic rings. The Bertz CT molecular complexity index is 460. The molecule has 1 aliphatic heterocycles. The molecule has 0 aromatic carbocycles. The van der Waals surface area contributed by atoms with E-state index in [1.807, 2.05) is 11.8 Å². The van der Waals surface area contributed by atoms with Gasteiger partial charge in [-0.1, -0.05) is 6.92 Å². The van der Waals surface area contributed by atoms with Crippen LogP contribution in [0.15, 0.2) is 12.3 Å². The minimum absolute atomic E-state index is 0.00676. The monoisotopic (exact) mass is 248 g/mol. The van der Waals surface area contributed by atoms with Crippen molar-refractivity contribution in [2.75, 3.05) is 12.0 Å². The highest BCUT2D eigenvalue weighted by atomic mass is 16.2. The first-order valence-electron chi connectivity index (χ1n) is 6.27. The molecule has 0 aliphatic carbocycles. The van der Waals surface area contributed by atoms with Crippen LogP contribution < -0.4 is 11.3 Å². The number of amides is 1. The first kappa shape index (κ1) is 12.8. The Morgan fingerprint density at radius 3 is 2.83 bits per heavy atom. The highest BCUT2D eigenvalue weighted by Crippen LogP contribution is 2.26. The molecule has 2 heterocycles. The van der Waals surface area contributed by atoms with E-state index < -0.39 is 0 Å². The van der Waals surface area contributed by atoms with Crippen LogP contribution in [0.5, 0.6) is 0 Å². The second-order valence-corrected chi connectivity index (χ2v) is 5.16. The number of nitrogen functional groups attached to an aromatic ring is 1. The van der Waals surface area contributed by atoms with Gasteiger partial charge in [0.15, 0.2) is 0 Å². The molecule has 0 spiro atoms. The predicted octanol–water partition coefficient (Wildman–Crippen LogP) is 1.55. The quantitative estimate of drug-likeness (QED) is 0.615. The van der Waals surface area contributed by atoms with Crippen LogP contribution in [0.1, 0.15) is 36.3 Å². The Hall–Kier alpha value is -1.62. The van der Waals surface area contributed by atoms with E-state index in [2.05, 4.69) is 24.3 Å². The molecule has 1 fully saturated rings. The van der Waals surface area contributed by atoms with Gasteiger partial charge >= 0.3 is 0 Å². The molecule has 1 amide bonds. The fourth-order valence-electron chi connectivity index (χ4n) is 2.59. The van der Waals surface area contributed by atoms with Gasteiger partial charge in [0.25, 0.3) is 5.91 Å². The van der Waals surface area contributed by atoms with Crippen molar-refractivity contribution in [2.24, 2.45) is 11.8 Å². The average Bonchev–Trinajstić information content (AvgIpc) is 2.67. The van der Waals surface area contributed by atoms with Crippen molar-refractivity contribution in [3.63, 3.8) is 0 Å². The molecule has 5 nitrogen and oxygen atoms in total. The SMILES string of the molecule is Cc1cc(NN)c(C(=O)N2CC(C)CC2C)cn1. The molecule has 0 saturated carbocycles. The van der Waals surface area contributed by atoms with Crippen molar-refractivity contribution < 1.29 is 4.79 Å². The summed E-state index contributed by atoms with van der Waals surface area (Å²) in [6.45, 7) is 6.92. The number of hydrazine groups is 1. The zero-order chi connectivity index (χ0) is 13.3. The summed E-state index contributed by atoms with van der Waals surface area (Å²) in [5.41, 5.74) is 4.60. The molecule has 0 radical (unpaired) electrons. The Kier molecular flexibility index (Phi) is 3.52. The van der Waals surface area contributed by atoms with Crippen LogP contribution in [0.2, 0.25) is 0 Å². The third-order valence-corrected chi connectivity index (χ3v) is 3.47. The largest absolute Gasteiger partial charge is 0.336 e. The lowest BCUT2D eigenvalue weighted by atomic mass is 10.1. The predicted molar refractivity (Wildman–Crippen MR) is 71.1 cm³/mol. The molecule has 5 heteroatoms. The number of hydrogen-bond acceptors (Lipinski definition) is 4. The number of nitrogens with one attached hydrogen (secondary N) is 1. The molecule has 98 valence electrons. The van der Waals surface area contributed by atoms with E-state index in [1.54, 1.807) is 12.3 Å². The standard InChI is InChI=1S/C13H20N4O/c1-8-4-10(3)17(7-8)13(18)11-6-15-9(2)5-12(11)16-14/h5-6,8,10H,4,7,14H2,1-3H3,(H,15,16). The summed E-state index contributed by atoms with van der Waals surface area (Å²) in [4.78, 5) is 18.6. The van der Waals surface area contributed by atoms with Crippen LogP contribution >= 0.6 is 0 Å². The molecule has 2 atom stereocenters. The summed E-state index contributed by atoms with van der Waals surface area (Å²) in [6, 6.07) is 2.07. The van der Waals surface area contributed by atoms with E-state index in [-0.39, 0.29) is 11.9 Å². The molecule has 1 aromatic heterocycles. The first-order valence-corrected chi connectivity index (χ1v) is 6.27. The number of aromatic nitrogens is 1. The number of anilines is 1. The molecular formula is C13H20N4O. The lowest BCUT2D eigenvalue weighted by Crippen LogP contribution is -2.34. The minimum atomic E-state index is 0.00676. The van der Waals surface area contributed by atoms with Gasteiger partial charge in [0, 0.05) is 24.5 Å². The van der Waals surface area contributed by atoms with Gasteiger partial charge in [0.05, 0.1) is 11.3 Å². The second-order valence-electron chi connectivity index (χ2n) is 5.16. The van der Waals surface area contributed by atoms with E-state index >= 15 is 0 Å². The van der Waals surface area contributed by atoms with Gasteiger partial charge < -0.3 is 10.3 Å². The number of pyridine rings is 1. The number of rotatable bonds is 2. The van der Waals surface area contributed by atoms with Crippen LogP contribution in [0.25, 0.3) is 0 Å². The van der Waals surface area contributed by atoms with E-state index in [0.717, 1.165) is 18.7 Å². The smallest absolute Gasteiger partial charge is 0.257 e. The number of nitrogens with zero attached hydrogens (tertiary/aromatic N) is 2. The number of hydrogen-bond donors (Lipinski definition) is 2. The zero-order valence-electron chi connectivity index (χ0n) is 11.1. The van der Waals surface area contributed by atoms with Crippen molar-refractivity contribution in [1.29, 1.82) is 0 Å². The summed E-state index contributed by atoms with van der Waals surface area (Å²) in [5, 5.41) is 0. The number of nitrogens with two attached hydrogens (primary N) is 1. The van der Waals surface area contributed by atoms with Crippen LogP contribution in [0.3, 0.4) is 0 Å². The maximum Gasteiger partial charge on any atom is 0.257 e. The Morgan fingerprint density at radius 2 is 2.28 bits per heavy atom. The van der Waals surface area contributed by atoms with Gasteiger partial charge in [0.1, 0.15) is 0 Å². The fourth-order valence-corrected chi connectivity index (χ4v) is 2.59. The van der Waals surface area contributed by atoms with Gasteiger partial charge in [-0.25, -0.2) is 0 Å². The number of carbonyl (C=O) groups excluding carboxylic acids is 1. The Labute approximate surface area is 107 Å². The van der Waals surface area contributed by atoms with Gasteiger partial charge in [-0.3, -0.25) is 15.6 Å². The lowest BCUT2D eigenvalue weighted by Gasteiger charge is -2.22. The lowest BCUT2D eigenvalue weighted by molar-refractivity contribution is 0.0744. The summed E-state index contributed by atoms with van der Waals surface area (Å²) >= 11 is 0. The molecule has 18 heavy (non-hydrogen) atoms. The van der Waals surface area contributed by atoms with E-state index in [9.17, 15) is 4.79 Å². The molecule has 2 rings (SSSR count). The third kappa shape index (κ3) is 2.31. The molecule has 0 bridgehead atoms. The van der Waals surface area contributed by atoms with Crippen LogP contribution in [-0.4, -0.2) is 28.4 Å². The summed E-state index contributed by atoms with van der Waals surface area (Å²) in [5.74, 6) is 6.03. The Morgan fingerprint density at radius 1 is 1.56 bits per heavy atom. The zero-order valence-corrected chi connectivity index (χ0v) is 11.1. The van der Waals surface area contributed by atoms with Crippen molar-refractivity contribution in [2.45, 2.75) is 33.2 Å². The number of likely N-dealkylation sites (tertiary alicyclic amines) is 1. The van der Waals surface area contributed by atoms with Gasteiger partial charge in [0.2, 0.25) is 0 Å². The normalized spacial score (nSPS) is 23.2. The first-order chi connectivity index (χ1) is 8.52. The van der Waals surface area contributed by atoms with Crippen molar-refractivity contribution in [3.05, 3.63) is 23.5 Å². The van der Waals surface area contributed by atoms with E-state index in [1.165, 1.54) is 0 Å². The molecule has 3 N–H and O–H groups in total. The fraction of sp³-hybridized carbons (Fsp3) is 0.538. The third-order valence-electron chi connectivity index (χ3n) is 3.47. The maximum atomic E-state index is 12.5. The molecule has 1 aromatic rings. The highest BCUT2D eigenvalue weighted by molar-refractivity contribution is 5.99. The Balaban J connectivity index is 2.29. The molecule has 2 unspecified atom stereocenters. The van der Waals surface area contributed by atoms with Gasteiger partial charge in [-0.05, 0) is 32.3 Å². The van der Waals surface area contributed by atoms with Crippen molar-refractivity contribution >= 4 is 11.6 Å². The second kappa shape index (κ2) is 4.94. The van der Waals surface area contributed by atoms with E-state index in [4.69, 9.17) is 5.84 Å². The van der Waals surface area contributed by atoms with Crippen LogP contribution in [0, 0.1) is 12.8 Å². The van der Waals surface area contributed by atoms with Gasteiger partial charge in [-0.15, -0.1) is 0 Å². The maximum absolute atomic E-state index is 12.5. The molecular weight excluding hydrogens is 228 g/mol. The van der Waals surface area contributed by atoms with Crippen molar-refractivity contribution in [3.8, 4) is 0 Å². The molecule has 1 saturated heterocycles. The average molecular weight is 248 g/mol. The topological polar surface area (TPSA) is 71.2 Å². The number of aryl methyl sites for hydroxylation is 1. The van der Waals surface area contributed by atoms with E-state index in [0.29, 0.717) is 17.2 Å². The van der Waals surface area contributed by atoms with Crippen LogP contribution in [-0.2, 0) is 0 Å². The summed E-state index contributed by atoms with van der Waals surface area (Å²) in [7, 11) is 0. The van der Waals surface area contributed by atoms with Gasteiger partial charge in [-0.2, -0.15) is 0 Å². The summed E-state index contributed by atoms with van der Waals surface area (Å²) in [6.07, 6.45) is 2.65. The number of carbonyl (C=O) groups is 1. The highest BCUT2D eigenvalue weighted by Gasteiger charge is 2.31. The summed E-state index contributed by atoms with van der Waals surface area (Å²) < 4.78 is 0. The van der Waals surface area contributed by atoms with Crippen molar-refractivity contribution in [1.82, 2.24) is 9.88 Å². The van der Waals surface area contributed by atoms with Crippen LogP contribution in [0.4, 0.5) is 5.69 Å².